The Morgan fingerprint density at radius 1 is 1.21 bits per heavy atom. The molecule has 0 amide bonds. The SMILES string of the molecule is COC(=O)c1ccc(OCc2ccc(I)cc2)nc1. The molecule has 4 nitrogen and oxygen atoms in total. The largest absolute Gasteiger partial charge is 0.473 e. The lowest BCUT2D eigenvalue weighted by atomic mass is 10.2. The van der Waals surface area contributed by atoms with Crippen LogP contribution >= 0.6 is 22.6 Å². The van der Waals surface area contributed by atoms with E-state index in [-0.39, 0.29) is 0 Å². The number of benzene rings is 1. The van der Waals surface area contributed by atoms with Crippen LogP contribution in [0.15, 0.2) is 42.6 Å². The first-order valence-electron chi connectivity index (χ1n) is 5.60. The number of ether oxygens (including phenoxy) is 2. The molecule has 0 N–H and O–H groups in total. The van der Waals surface area contributed by atoms with Crippen LogP contribution in [0.25, 0.3) is 0 Å². The topological polar surface area (TPSA) is 48.4 Å². The zero-order chi connectivity index (χ0) is 13.7. The van der Waals surface area contributed by atoms with Crippen LogP contribution < -0.4 is 4.74 Å². The van der Waals surface area contributed by atoms with Gasteiger partial charge in [0, 0.05) is 15.8 Å². The van der Waals surface area contributed by atoms with E-state index < -0.39 is 5.97 Å². The second-order valence-electron chi connectivity index (χ2n) is 3.79. The highest BCUT2D eigenvalue weighted by atomic mass is 127. The van der Waals surface area contributed by atoms with Gasteiger partial charge in [-0.3, -0.25) is 0 Å². The van der Waals surface area contributed by atoms with E-state index in [0.717, 1.165) is 5.56 Å². The molecule has 0 aliphatic carbocycles. The van der Waals surface area contributed by atoms with E-state index in [4.69, 9.17) is 4.74 Å². The molecule has 1 heterocycles. The Morgan fingerprint density at radius 2 is 1.95 bits per heavy atom. The van der Waals surface area contributed by atoms with E-state index >= 15 is 0 Å². The van der Waals surface area contributed by atoms with Crippen LogP contribution in [0.3, 0.4) is 0 Å². The van der Waals surface area contributed by atoms with Crippen LogP contribution in [0.5, 0.6) is 5.88 Å². The van der Waals surface area contributed by atoms with Crippen molar-refractivity contribution >= 4 is 28.6 Å². The molecule has 2 rings (SSSR count). The predicted molar refractivity (Wildman–Crippen MR) is 79.1 cm³/mol. The zero-order valence-electron chi connectivity index (χ0n) is 10.3. The van der Waals surface area contributed by atoms with Gasteiger partial charge in [0.25, 0.3) is 0 Å². The summed E-state index contributed by atoms with van der Waals surface area (Å²) in [7, 11) is 1.34. The maximum atomic E-state index is 11.2. The Bertz CT molecular complexity index is 552. The quantitative estimate of drug-likeness (QED) is 0.614. The first-order chi connectivity index (χ1) is 9.19. The summed E-state index contributed by atoms with van der Waals surface area (Å²) in [6.07, 6.45) is 1.44. The number of aromatic nitrogens is 1. The Hall–Kier alpha value is -1.63. The van der Waals surface area contributed by atoms with Gasteiger partial charge in [0.15, 0.2) is 0 Å². The van der Waals surface area contributed by atoms with Gasteiger partial charge in [0.05, 0.1) is 12.7 Å². The third-order valence-corrected chi connectivity index (χ3v) is 3.18. The molecule has 0 spiro atoms. The van der Waals surface area contributed by atoms with Crippen LogP contribution in [0.2, 0.25) is 0 Å². The fourth-order valence-corrected chi connectivity index (χ4v) is 1.80. The number of nitrogens with zero attached hydrogens (tertiary/aromatic N) is 1. The van der Waals surface area contributed by atoms with Crippen molar-refractivity contribution in [2.75, 3.05) is 7.11 Å². The van der Waals surface area contributed by atoms with Crippen molar-refractivity contribution in [3.05, 3.63) is 57.3 Å². The molecule has 0 radical (unpaired) electrons. The van der Waals surface area contributed by atoms with Crippen molar-refractivity contribution in [2.24, 2.45) is 0 Å². The summed E-state index contributed by atoms with van der Waals surface area (Å²) in [6.45, 7) is 0.446. The number of rotatable bonds is 4. The second kappa shape index (κ2) is 6.51. The average Bonchev–Trinajstić information content (AvgIpc) is 2.46. The monoisotopic (exact) mass is 369 g/mol. The number of hydrogen-bond donors (Lipinski definition) is 0. The molecule has 0 atom stereocenters. The van der Waals surface area contributed by atoms with Crippen molar-refractivity contribution in [3.8, 4) is 5.88 Å². The van der Waals surface area contributed by atoms with Crippen molar-refractivity contribution in [1.82, 2.24) is 4.98 Å². The number of carbonyl (C=O) groups excluding carboxylic acids is 1. The van der Waals surface area contributed by atoms with Gasteiger partial charge in [0.1, 0.15) is 6.61 Å². The molecule has 0 aliphatic rings. The molecular weight excluding hydrogens is 357 g/mol. The lowest BCUT2D eigenvalue weighted by Gasteiger charge is -2.06. The Balaban J connectivity index is 1.96. The van der Waals surface area contributed by atoms with E-state index in [1.165, 1.54) is 16.9 Å². The number of carbonyl (C=O) groups is 1. The maximum absolute atomic E-state index is 11.2. The van der Waals surface area contributed by atoms with Gasteiger partial charge in [-0.15, -0.1) is 0 Å². The Kier molecular flexibility index (Phi) is 4.73. The number of methoxy groups -OCH3 is 1. The number of esters is 1. The van der Waals surface area contributed by atoms with E-state index in [1.807, 2.05) is 24.3 Å². The minimum absolute atomic E-state index is 0.406. The minimum Gasteiger partial charge on any atom is -0.473 e. The van der Waals surface area contributed by atoms with Crippen molar-refractivity contribution in [3.63, 3.8) is 0 Å². The number of halogens is 1. The highest BCUT2D eigenvalue weighted by molar-refractivity contribution is 14.1. The number of hydrogen-bond acceptors (Lipinski definition) is 4. The van der Waals surface area contributed by atoms with Crippen LogP contribution in [0.1, 0.15) is 15.9 Å². The zero-order valence-corrected chi connectivity index (χ0v) is 12.5. The van der Waals surface area contributed by atoms with Gasteiger partial charge in [0.2, 0.25) is 5.88 Å². The molecule has 0 saturated heterocycles. The predicted octanol–water partition coefficient (Wildman–Crippen LogP) is 3.05. The van der Waals surface area contributed by atoms with Gasteiger partial charge >= 0.3 is 5.97 Å². The third kappa shape index (κ3) is 3.92. The maximum Gasteiger partial charge on any atom is 0.339 e. The molecule has 0 bridgehead atoms. The lowest BCUT2D eigenvalue weighted by Crippen LogP contribution is -2.03. The minimum atomic E-state index is -0.406. The molecule has 5 heteroatoms. The molecule has 98 valence electrons. The van der Waals surface area contributed by atoms with E-state index in [9.17, 15) is 4.79 Å². The summed E-state index contributed by atoms with van der Waals surface area (Å²) < 4.78 is 11.3. The standard InChI is InChI=1S/C14H12INO3/c1-18-14(17)11-4-7-13(16-8-11)19-9-10-2-5-12(15)6-3-10/h2-8H,9H2,1H3. The molecule has 1 aromatic carbocycles. The summed E-state index contributed by atoms with van der Waals surface area (Å²) in [4.78, 5) is 15.3. The highest BCUT2D eigenvalue weighted by Gasteiger charge is 2.05. The van der Waals surface area contributed by atoms with E-state index in [1.54, 1.807) is 12.1 Å². The summed E-state index contributed by atoms with van der Waals surface area (Å²) in [5, 5.41) is 0. The summed E-state index contributed by atoms with van der Waals surface area (Å²) >= 11 is 2.25. The average molecular weight is 369 g/mol. The summed E-state index contributed by atoms with van der Waals surface area (Å²) in [6, 6.07) is 11.3. The Morgan fingerprint density at radius 3 is 2.53 bits per heavy atom. The highest BCUT2D eigenvalue weighted by Crippen LogP contribution is 2.12. The van der Waals surface area contributed by atoms with Crippen molar-refractivity contribution in [1.29, 1.82) is 0 Å². The molecular formula is C14H12INO3. The van der Waals surface area contributed by atoms with Gasteiger partial charge in [-0.25, -0.2) is 9.78 Å². The Labute approximate surface area is 124 Å². The summed E-state index contributed by atoms with van der Waals surface area (Å²) in [5.74, 6) is 0.0721. The lowest BCUT2D eigenvalue weighted by molar-refractivity contribution is 0.0600. The molecule has 1 aromatic heterocycles. The fourth-order valence-electron chi connectivity index (χ4n) is 1.44. The number of pyridine rings is 1. The van der Waals surface area contributed by atoms with Crippen LogP contribution in [0, 0.1) is 3.57 Å². The van der Waals surface area contributed by atoms with Crippen LogP contribution in [-0.4, -0.2) is 18.1 Å². The van der Waals surface area contributed by atoms with Gasteiger partial charge in [-0.2, -0.15) is 0 Å². The van der Waals surface area contributed by atoms with Gasteiger partial charge in [-0.1, -0.05) is 12.1 Å². The molecule has 19 heavy (non-hydrogen) atoms. The van der Waals surface area contributed by atoms with Crippen molar-refractivity contribution in [2.45, 2.75) is 6.61 Å². The molecule has 2 aromatic rings. The van der Waals surface area contributed by atoms with Gasteiger partial charge in [-0.05, 0) is 46.4 Å². The van der Waals surface area contributed by atoms with Crippen LogP contribution in [-0.2, 0) is 11.3 Å². The molecule has 0 saturated carbocycles. The van der Waals surface area contributed by atoms with Crippen LogP contribution in [0.4, 0.5) is 0 Å². The van der Waals surface area contributed by atoms with Crippen molar-refractivity contribution < 1.29 is 14.3 Å². The summed E-state index contributed by atoms with van der Waals surface area (Å²) in [5.41, 5.74) is 1.48. The van der Waals surface area contributed by atoms with E-state index in [0.29, 0.717) is 18.1 Å². The van der Waals surface area contributed by atoms with E-state index in [2.05, 4.69) is 32.3 Å². The second-order valence-corrected chi connectivity index (χ2v) is 5.04. The third-order valence-electron chi connectivity index (χ3n) is 2.46. The molecule has 0 aliphatic heterocycles. The molecule has 0 fully saturated rings. The van der Waals surface area contributed by atoms with Gasteiger partial charge < -0.3 is 9.47 Å². The smallest absolute Gasteiger partial charge is 0.339 e. The fraction of sp³-hybridized carbons (Fsp3) is 0.143. The normalized spacial score (nSPS) is 10.0. The first-order valence-corrected chi connectivity index (χ1v) is 6.68. The molecule has 0 unspecified atom stereocenters. The first kappa shape index (κ1) is 13.8.